The minimum absolute atomic E-state index is 0.139. The molecule has 2 unspecified atom stereocenters. The van der Waals surface area contributed by atoms with Gasteiger partial charge in [-0.15, -0.1) is 0 Å². The maximum Gasteiger partial charge on any atom is 0.125 e. The molecule has 21 heavy (non-hydrogen) atoms. The zero-order chi connectivity index (χ0) is 15.0. The van der Waals surface area contributed by atoms with E-state index in [0.717, 1.165) is 16.3 Å². The van der Waals surface area contributed by atoms with E-state index in [2.05, 4.69) is 44.3 Å². The molecule has 110 valence electrons. The van der Waals surface area contributed by atoms with Crippen LogP contribution >= 0.6 is 11.6 Å². The van der Waals surface area contributed by atoms with Gasteiger partial charge >= 0.3 is 0 Å². The van der Waals surface area contributed by atoms with Crippen molar-refractivity contribution in [2.45, 2.75) is 38.5 Å². The van der Waals surface area contributed by atoms with E-state index in [4.69, 9.17) is 16.3 Å². The largest absolute Gasteiger partial charge is 0.486 e. The van der Waals surface area contributed by atoms with Crippen molar-refractivity contribution in [3.05, 3.63) is 64.7 Å². The molecular weight excluding hydrogens is 282 g/mol. The molecule has 1 heterocycles. The van der Waals surface area contributed by atoms with Crippen LogP contribution in [0.2, 0.25) is 5.02 Å². The highest BCUT2D eigenvalue weighted by atomic mass is 35.5. The van der Waals surface area contributed by atoms with Gasteiger partial charge in [-0.2, -0.15) is 0 Å². The van der Waals surface area contributed by atoms with Crippen molar-refractivity contribution in [3.63, 3.8) is 0 Å². The van der Waals surface area contributed by atoms with Crippen LogP contribution < -0.4 is 10.1 Å². The van der Waals surface area contributed by atoms with Crippen molar-refractivity contribution in [1.29, 1.82) is 0 Å². The topological polar surface area (TPSA) is 21.3 Å². The van der Waals surface area contributed by atoms with E-state index in [1.807, 2.05) is 30.3 Å². The molecule has 0 bridgehead atoms. The number of para-hydroxylation sites is 1. The summed E-state index contributed by atoms with van der Waals surface area (Å²) in [4.78, 5) is 0. The highest BCUT2D eigenvalue weighted by Gasteiger charge is 2.41. The van der Waals surface area contributed by atoms with E-state index in [-0.39, 0.29) is 17.7 Å². The van der Waals surface area contributed by atoms with Gasteiger partial charge in [-0.05, 0) is 38.5 Å². The third kappa shape index (κ3) is 2.66. The molecule has 2 atom stereocenters. The summed E-state index contributed by atoms with van der Waals surface area (Å²) >= 11 is 6.30. The molecule has 0 radical (unpaired) electrons. The van der Waals surface area contributed by atoms with Crippen LogP contribution in [-0.4, -0.2) is 5.60 Å². The molecule has 1 aliphatic heterocycles. The van der Waals surface area contributed by atoms with E-state index in [0.29, 0.717) is 0 Å². The van der Waals surface area contributed by atoms with E-state index in [1.54, 1.807) is 0 Å². The summed E-state index contributed by atoms with van der Waals surface area (Å²) < 4.78 is 6.08. The van der Waals surface area contributed by atoms with Gasteiger partial charge in [0.05, 0.1) is 6.04 Å². The average Bonchev–Trinajstić information content (AvgIpc) is 2.70. The molecule has 0 spiro atoms. The molecular formula is C18H20ClNO. The molecule has 2 aromatic rings. The summed E-state index contributed by atoms with van der Waals surface area (Å²) in [5, 5.41) is 4.47. The van der Waals surface area contributed by atoms with Crippen molar-refractivity contribution in [2.24, 2.45) is 0 Å². The highest BCUT2D eigenvalue weighted by molar-refractivity contribution is 6.31. The Morgan fingerprint density at radius 3 is 2.52 bits per heavy atom. The van der Waals surface area contributed by atoms with Gasteiger partial charge in [0.25, 0.3) is 0 Å². The van der Waals surface area contributed by atoms with Crippen LogP contribution in [0, 0.1) is 0 Å². The molecule has 0 saturated heterocycles. The molecule has 1 aliphatic rings. The van der Waals surface area contributed by atoms with Crippen molar-refractivity contribution >= 4 is 11.6 Å². The van der Waals surface area contributed by atoms with Crippen LogP contribution in [0.5, 0.6) is 5.75 Å². The Bertz CT molecular complexity index is 653. The zero-order valence-corrected chi connectivity index (χ0v) is 13.3. The Hall–Kier alpha value is -1.51. The Balaban J connectivity index is 1.89. The second-order valence-electron chi connectivity index (χ2n) is 6.09. The normalized spacial score (nSPS) is 20.7. The monoisotopic (exact) mass is 301 g/mol. The van der Waals surface area contributed by atoms with Gasteiger partial charge in [0, 0.05) is 16.6 Å². The molecule has 2 aromatic carbocycles. The fourth-order valence-electron chi connectivity index (χ4n) is 2.99. The van der Waals surface area contributed by atoms with E-state index < -0.39 is 0 Å². The van der Waals surface area contributed by atoms with Crippen LogP contribution in [0.3, 0.4) is 0 Å². The van der Waals surface area contributed by atoms with Gasteiger partial charge in [-0.3, -0.25) is 5.32 Å². The Morgan fingerprint density at radius 2 is 1.76 bits per heavy atom. The third-order valence-corrected chi connectivity index (χ3v) is 4.43. The molecule has 0 aromatic heterocycles. The lowest BCUT2D eigenvalue weighted by Crippen LogP contribution is -2.40. The zero-order valence-electron chi connectivity index (χ0n) is 12.6. The van der Waals surface area contributed by atoms with E-state index in [1.165, 1.54) is 5.56 Å². The molecule has 3 heteroatoms. The van der Waals surface area contributed by atoms with Gasteiger partial charge in [-0.1, -0.05) is 48.0 Å². The van der Waals surface area contributed by atoms with Gasteiger partial charge < -0.3 is 4.74 Å². The number of hydrogen-bond donors (Lipinski definition) is 1. The lowest BCUT2D eigenvalue weighted by molar-refractivity contribution is 0.0919. The SMILES string of the molecule is CC(NC1c2ccccc2OC1(C)C)c1ccccc1Cl. The van der Waals surface area contributed by atoms with Gasteiger partial charge in [0.2, 0.25) is 0 Å². The summed E-state index contributed by atoms with van der Waals surface area (Å²) in [6, 6.07) is 16.5. The van der Waals surface area contributed by atoms with Crippen LogP contribution in [0.15, 0.2) is 48.5 Å². The lowest BCUT2D eigenvalue weighted by atomic mass is 9.93. The minimum atomic E-state index is -0.279. The first kappa shape index (κ1) is 14.4. The number of benzene rings is 2. The van der Waals surface area contributed by atoms with Gasteiger partial charge in [0.1, 0.15) is 11.4 Å². The summed E-state index contributed by atoms with van der Waals surface area (Å²) in [6.07, 6.45) is 0. The fraction of sp³-hybridized carbons (Fsp3) is 0.333. The van der Waals surface area contributed by atoms with Crippen molar-refractivity contribution < 1.29 is 4.74 Å². The lowest BCUT2D eigenvalue weighted by Gasteiger charge is -2.30. The van der Waals surface area contributed by atoms with Crippen molar-refractivity contribution in [3.8, 4) is 5.75 Å². The average molecular weight is 302 g/mol. The first-order valence-corrected chi connectivity index (χ1v) is 7.65. The Kier molecular flexibility index (Phi) is 3.68. The number of rotatable bonds is 3. The van der Waals surface area contributed by atoms with Crippen molar-refractivity contribution in [1.82, 2.24) is 5.32 Å². The van der Waals surface area contributed by atoms with Gasteiger partial charge in [-0.25, -0.2) is 0 Å². The van der Waals surface area contributed by atoms with Crippen LogP contribution in [0.25, 0.3) is 0 Å². The maximum atomic E-state index is 6.30. The standard InChI is InChI=1S/C18H20ClNO/c1-12(13-8-4-6-10-15(13)19)20-17-14-9-5-7-11-16(14)21-18(17,2)3/h4-12,17,20H,1-3H3. The molecule has 3 rings (SSSR count). The number of fused-ring (bicyclic) bond motifs is 1. The van der Waals surface area contributed by atoms with Crippen LogP contribution in [0.1, 0.15) is 44.0 Å². The smallest absolute Gasteiger partial charge is 0.125 e. The number of ether oxygens (including phenoxy) is 1. The first-order valence-electron chi connectivity index (χ1n) is 7.27. The summed E-state index contributed by atoms with van der Waals surface area (Å²) in [7, 11) is 0. The summed E-state index contributed by atoms with van der Waals surface area (Å²) in [5.74, 6) is 0.964. The maximum absolute atomic E-state index is 6.30. The molecule has 1 N–H and O–H groups in total. The van der Waals surface area contributed by atoms with E-state index in [9.17, 15) is 0 Å². The quantitative estimate of drug-likeness (QED) is 0.870. The van der Waals surface area contributed by atoms with Crippen molar-refractivity contribution in [2.75, 3.05) is 0 Å². The minimum Gasteiger partial charge on any atom is -0.486 e. The number of halogens is 1. The number of hydrogen-bond acceptors (Lipinski definition) is 2. The van der Waals surface area contributed by atoms with E-state index >= 15 is 0 Å². The second kappa shape index (κ2) is 5.36. The molecule has 0 amide bonds. The molecule has 0 fully saturated rings. The molecule has 0 saturated carbocycles. The number of nitrogens with one attached hydrogen (secondary N) is 1. The molecule has 0 aliphatic carbocycles. The fourth-order valence-corrected chi connectivity index (χ4v) is 3.28. The summed E-state index contributed by atoms with van der Waals surface area (Å²) in [6.45, 7) is 6.37. The van der Waals surface area contributed by atoms with Gasteiger partial charge in [0.15, 0.2) is 0 Å². The first-order chi connectivity index (χ1) is 9.99. The highest BCUT2D eigenvalue weighted by Crippen LogP contribution is 2.44. The van der Waals surface area contributed by atoms with Crippen LogP contribution in [-0.2, 0) is 0 Å². The summed E-state index contributed by atoms with van der Waals surface area (Å²) in [5.41, 5.74) is 2.04. The van der Waals surface area contributed by atoms with Crippen LogP contribution in [0.4, 0.5) is 0 Å². The second-order valence-corrected chi connectivity index (χ2v) is 6.49. The predicted octanol–water partition coefficient (Wildman–Crippen LogP) is 4.90. The third-order valence-electron chi connectivity index (χ3n) is 4.09. The predicted molar refractivity (Wildman–Crippen MR) is 86.9 cm³/mol. The molecule has 2 nitrogen and oxygen atoms in total. The Morgan fingerprint density at radius 1 is 1.10 bits per heavy atom. The Labute approximate surface area is 131 Å².